The third kappa shape index (κ3) is 4.00. The summed E-state index contributed by atoms with van der Waals surface area (Å²) >= 11 is 1.67. The average Bonchev–Trinajstić information content (AvgIpc) is 3.42. The quantitative estimate of drug-likeness (QED) is 0.506. The molecule has 0 aliphatic heterocycles. The van der Waals surface area contributed by atoms with Crippen molar-refractivity contribution in [1.82, 2.24) is 14.7 Å². The number of rotatable bonds is 7. The molecule has 1 amide bonds. The van der Waals surface area contributed by atoms with E-state index in [2.05, 4.69) is 16.5 Å². The Morgan fingerprint density at radius 2 is 2.14 bits per heavy atom. The van der Waals surface area contributed by atoms with E-state index in [1.807, 2.05) is 66.7 Å². The minimum atomic E-state index is -0.0848. The molecule has 28 heavy (non-hydrogen) atoms. The van der Waals surface area contributed by atoms with Crippen LogP contribution in [0.15, 0.2) is 64.5 Å². The van der Waals surface area contributed by atoms with Crippen LogP contribution >= 0.6 is 11.3 Å². The molecule has 0 saturated heterocycles. The highest BCUT2D eigenvalue weighted by Crippen LogP contribution is 2.26. The largest absolute Gasteiger partial charge is 0.459 e. The maximum atomic E-state index is 12.6. The smallest absolute Gasteiger partial charge is 0.239 e. The van der Waals surface area contributed by atoms with Crippen LogP contribution in [-0.2, 0) is 11.3 Å². The van der Waals surface area contributed by atoms with Gasteiger partial charge >= 0.3 is 0 Å². The lowest BCUT2D eigenvalue weighted by Gasteiger charge is -2.22. The van der Waals surface area contributed by atoms with Crippen molar-refractivity contribution in [3.05, 3.63) is 70.7 Å². The monoisotopic (exact) mass is 394 g/mol. The second-order valence-electron chi connectivity index (χ2n) is 6.78. The Kier molecular flexibility index (Phi) is 5.27. The van der Waals surface area contributed by atoms with Crippen LogP contribution in [0.1, 0.15) is 23.6 Å². The third-order valence-electron chi connectivity index (χ3n) is 4.78. The molecule has 0 spiro atoms. The van der Waals surface area contributed by atoms with Gasteiger partial charge < -0.3 is 9.73 Å². The fraction of sp³-hybridized carbons (Fsp3) is 0.238. The van der Waals surface area contributed by atoms with Crippen molar-refractivity contribution >= 4 is 34.0 Å². The van der Waals surface area contributed by atoms with Crippen molar-refractivity contribution in [2.45, 2.75) is 19.5 Å². The maximum Gasteiger partial charge on any atom is 0.239 e. The summed E-state index contributed by atoms with van der Waals surface area (Å²) in [4.78, 5) is 15.7. The molecule has 0 aliphatic rings. The number of nitrogens with one attached hydrogen (secondary N) is 1. The van der Waals surface area contributed by atoms with Gasteiger partial charge in [0.05, 0.1) is 25.3 Å². The lowest BCUT2D eigenvalue weighted by molar-refractivity contribution is -0.117. The first-order chi connectivity index (χ1) is 13.6. The molecular weight excluding hydrogens is 372 g/mol. The number of hydrogen-bond donors (Lipinski definition) is 1. The molecule has 0 aliphatic carbocycles. The molecule has 1 unspecified atom stereocenters. The number of carbonyl (C=O) groups excluding carboxylic acids is 1. The molecule has 4 rings (SSSR count). The molecule has 3 aromatic heterocycles. The van der Waals surface area contributed by atoms with E-state index in [4.69, 9.17) is 4.42 Å². The number of anilines is 1. The molecule has 0 fully saturated rings. The maximum absolute atomic E-state index is 12.6. The SMILES string of the molecule is CC(c1cc2ccccc2o1)N(C)CC(=O)Nc1ccnn1Cc1cccs1. The van der Waals surface area contributed by atoms with Crippen LogP contribution in [0.2, 0.25) is 0 Å². The number of hydrogen-bond acceptors (Lipinski definition) is 5. The van der Waals surface area contributed by atoms with Crippen LogP contribution in [0.5, 0.6) is 0 Å². The highest BCUT2D eigenvalue weighted by Gasteiger charge is 2.19. The molecule has 0 saturated carbocycles. The van der Waals surface area contributed by atoms with Gasteiger partial charge in [-0.1, -0.05) is 24.3 Å². The van der Waals surface area contributed by atoms with E-state index in [-0.39, 0.29) is 18.5 Å². The number of aromatic nitrogens is 2. The van der Waals surface area contributed by atoms with Gasteiger partial charge in [-0.05, 0) is 37.6 Å². The van der Waals surface area contributed by atoms with Crippen LogP contribution < -0.4 is 5.32 Å². The van der Waals surface area contributed by atoms with Crippen LogP contribution in [-0.4, -0.2) is 34.2 Å². The molecule has 3 heterocycles. The average molecular weight is 395 g/mol. The fourth-order valence-electron chi connectivity index (χ4n) is 3.09. The summed E-state index contributed by atoms with van der Waals surface area (Å²) < 4.78 is 7.73. The summed E-state index contributed by atoms with van der Waals surface area (Å²) in [6.45, 7) is 2.93. The van der Waals surface area contributed by atoms with E-state index < -0.39 is 0 Å². The van der Waals surface area contributed by atoms with E-state index in [9.17, 15) is 4.79 Å². The van der Waals surface area contributed by atoms with Crippen LogP contribution in [0.3, 0.4) is 0 Å². The molecule has 1 N–H and O–H groups in total. The van der Waals surface area contributed by atoms with Gasteiger partial charge in [-0.15, -0.1) is 11.3 Å². The third-order valence-corrected chi connectivity index (χ3v) is 5.64. The zero-order valence-corrected chi connectivity index (χ0v) is 16.6. The first-order valence-electron chi connectivity index (χ1n) is 9.13. The van der Waals surface area contributed by atoms with Crippen LogP contribution in [0, 0.1) is 0 Å². The van der Waals surface area contributed by atoms with Crippen LogP contribution in [0.25, 0.3) is 11.0 Å². The number of nitrogens with zero attached hydrogens (tertiary/aromatic N) is 3. The predicted octanol–water partition coefficient (Wildman–Crippen LogP) is 4.37. The van der Waals surface area contributed by atoms with Gasteiger partial charge in [-0.25, -0.2) is 4.68 Å². The Hall–Kier alpha value is -2.90. The van der Waals surface area contributed by atoms with Crippen LogP contribution in [0.4, 0.5) is 5.82 Å². The molecule has 6 nitrogen and oxygen atoms in total. The van der Waals surface area contributed by atoms with E-state index in [0.717, 1.165) is 16.7 Å². The number of thiophene rings is 1. The van der Waals surface area contributed by atoms with E-state index in [1.165, 1.54) is 4.88 Å². The molecule has 4 aromatic rings. The van der Waals surface area contributed by atoms with Gasteiger partial charge in [0.25, 0.3) is 0 Å². The standard InChI is InChI=1S/C21H22N4O2S/c1-15(19-12-16-6-3-4-8-18(16)27-19)24(2)14-21(26)23-20-9-10-22-25(20)13-17-7-5-11-28-17/h3-12,15H,13-14H2,1-2H3,(H,23,26). The van der Waals surface area contributed by atoms with Crippen molar-refractivity contribution < 1.29 is 9.21 Å². The number of fused-ring (bicyclic) bond motifs is 1. The van der Waals surface area contributed by atoms with Crippen molar-refractivity contribution in [2.24, 2.45) is 0 Å². The topological polar surface area (TPSA) is 63.3 Å². The Balaban J connectivity index is 1.39. The van der Waals surface area contributed by atoms with E-state index in [1.54, 1.807) is 22.2 Å². The highest BCUT2D eigenvalue weighted by molar-refractivity contribution is 7.09. The number of furan rings is 1. The van der Waals surface area contributed by atoms with Gasteiger partial charge in [0.1, 0.15) is 17.2 Å². The molecule has 144 valence electrons. The Labute approximate surface area is 167 Å². The summed E-state index contributed by atoms with van der Waals surface area (Å²) in [5.74, 6) is 1.46. The predicted molar refractivity (Wildman–Crippen MR) is 112 cm³/mol. The minimum absolute atomic E-state index is 0.0193. The number of carbonyl (C=O) groups is 1. The first kappa shape index (κ1) is 18.5. The summed E-state index contributed by atoms with van der Waals surface area (Å²) in [6, 6.07) is 15.8. The number of benzene rings is 1. The lowest BCUT2D eigenvalue weighted by Crippen LogP contribution is -2.32. The molecule has 0 radical (unpaired) electrons. The molecule has 0 bridgehead atoms. The van der Waals surface area contributed by atoms with Crippen molar-refractivity contribution in [1.29, 1.82) is 0 Å². The second-order valence-corrected chi connectivity index (χ2v) is 7.81. The summed E-state index contributed by atoms with van der Waals surface area (Å²) in [5.41, 5.74) is 0.861. The van der Waals surface area contributed by atoms with Gasteiger partial charge in [0, 0.05) is 16.3 Å². The number of amides is 1. The molecule has 1 atom stereocenters. The Morgan fingerprint density at radius 3 is 2.93 bits per heavy atom. The lowest BCUT2D eigenvalue weighted by atomic mass is 10.2. The molecule has 1 aromatic carbocycles. The molecule has 7 heteroatoms. The van der Waals surface area contributed by atoms with E-state index >= 15 is 0 Å². The Morgan fingerprint density at radius 1 is 1.29 bits per heavy atom. The van der Waals surface area contributed by atoms with Crippen molar-refractivity contribution in [3.8, 4) is 0 Å². The van der Waals surface area contributed by atoms with Gasteiger partial charge in [-0.3, -0.25) is 9.69 Å². The minimum Gasteiger partial charge on any atom is -0.459 e. The zero-order chi connectivity index (χ0) is 19.5. The van der Waals surface area contributed by atoms with E-state index in [0.29, 0.717) is 12.4 Å². The summed E-state index contributed by atoms with van der Waals surface area (Å²) in [7, 11) is 1.92. The van der Waals surface area contributed by atoms with Gasteiger partial charge in [0.2, 0.25) is 5.91 Å². The second kappa shape index (κ2) is 8.00. The normalized spacial score (nSPS) is 12.5. The van der Waals surface area contributed by atoms with Crippen molar-refractivity contribution in [2.75, 3.05) is 18.9 Å². The molecular formula is C21H22N4O2S. The number of para-hydroxylation sites is 1. The van der Waals surface area contributed by atoms with Gasteiger partial charge in [0.15, 0.2) is 0 Å². The summed E-state index contributed by atoms with van der Waals surface area (Å²) in [6.07, 6.45) is 1.70. The van der Waals surface area contributed by atoms with Gasteiger partial charge in [-0.2, -0.15) is 5.10 Å². The highest BCUT2D eigenvalue weighted by atomic mass is 32.1. The number of likely N-dealkylation sites (N-methyl/N-ethyl adjacent to an activating group) is 1. The Bertz CT molecular complexity index is 1030. The van der Waals surface area contributed by atoms with Crippen molar-refractivity contribution in [3.63, 3.8) is 0 Å². The zero-order valence-electron chi connectivity index (χ0n) is 15.8. The first-order valence-corrected chi connectivity index (χ1v) is 10.0. The fourth-order valence-corrected chi connectivity index (χ4v) is 3.77. The summed E-state index contributed by atoms with van der Waals surface area (Å²) in [5, 5.41) is 10.4.